The molecule has 140 valence electrons. The van der Waals surface area contributed by atoms with Crippen molar-refractivity contribution in [1.82, 2.24) is 0 Å². The Hall–Kier alpha value is -3.15. The summed E-state index contributed by atoms with van der Waals surface area (Å²) < 4.78 is 0. The molecule has 2 aromatic rings. The van der Waals surface area contributed by atoms with E-state index in [4.69, 9.17) is 0 Å². The number of nitrogens with one attached hydrogen (secondary N) is 1. The fourth-order valence-electron chi connectivity index (χ4n) is 3.09. The lowest BCUT2D eigenvalue weighted by molar-refractivity contribution is -0.384. The number of rotatable bonds is 5. The number of benzene rings is 2. The Kier molecular flexibility index (Phi) is 5.86. The van der Waals surface area contributed by atoms with Crippen LogP contribution >= 0.6 is 0 Å². The van der Waals surface area contributed by atoms with Crippen LogP contribution in [0, 0.1) is 16.0 Å². The molecule has 2 aromatic carbocycles. The molecule has 0 aromatic heterocycles. The summed E-state index contributed by atoms with van der Waals surface area (Å²) in [6, 6.07) is 13.9. The number of nitro benzene ring substituents is 1. The molecule has 0 bridgehead atoms. The Morgan fingerprint density at radius 1 is 1.11 bits per heavy atom. The number of carbonyl (C=O) groups is 1. The van der Waals surface area contributed by atoms with Crippen LogP contribution in [0.25, 0.3) is 6.08 Å². The van der Waals surface area contributed by atoms with Gasteiger partial charge in [-0.05, 0) is 66.8 Å². The summed E-state index contributed by atoms with van der Waals surface area (Å²) in [5.74, 6) is 0.551. The van der Waals surface area contributed by atoms with Gasteiger partial charge in [-0.3, -0.25) is 14.9 Å². The van der Waals surface area contributed by atoms with Crippen molar-refractivity contribution in [3.8, 4) is 0 Å². The third-order valence-corrected chi connectivity index (χ3v) is 4.81. The second kappa shape index (κ2) is 8.49. The Morgan fingerprint density at radius 2 is 1.74 bits per heavy atom. The van der Waals surface area contributed by atoms with Gasteiger partial charge in [0.2, 0.25) is 5.91 Å². The number of amides is 1. The van der Waals surface area contributed by atoms with E-state index < -0.39 is 4.92 Å². The number of nitrogens with zero attached hydrogens (tertiary/aromatic N) is 2. The van der Waals surface area contributed by atoms with Gasteiger partial charge in [0.1, 0.15) is 0 Å². The van der Waals surface area contributed by atoms with Gasteiger partial charge in [-0.2, -0.15) is 0 Å². The molecule has 1 heterocycles. The number of anilines is 2. The molecule has 1 amide bonds. The average Bonchev–Trinajstić information content (AvgIpc) is 2.68. The maximum absolute atomic E-state index is 12.1. The zero-order chi connectivity index (χ0) is 19.2. The van der Waals surface area contributed by atoms with Crippen molar-refractivity contribution in [2.24, 2.45) is 5.92 Å². The Labute approximate surface area is 158 Å². The molecule has 0 saturated carbocycles. The van der Waals surface area contributed by atoms with Crippen molar-refractivity contribution in [1.29, 1.82) is 0 Å². The maximum atomic E-state index is 12.1. The van der Waals surface area contributed by atoms with E-state index in [0.29, 0.717) is 0 Å². The largest absolute Gasteiger partial charge is 0.372 e. The van der Waals surface area contributed by atoms with Crippen LogP contribution in [0.2, 0.25) is 0 Å². The first-order valence-electron chi connectivity index (χ1n) is 9.10. The minimum Gasteiger partial charge on any atom is -0.372 e. The number of piperidine rings is 1. The lowest BCUT2D eigenvalue weighted by Crippen LogP contribution is -2.32. The highest BCUT2D eigenvalue weighted by Gasteiger charge is 2.15. The fraction of sp³-hybridized carbons (Fsp3) is 0.286. The molecular formula is C21H23N3O3. The van der Waals surface area contributed by atoms with Gasteiger partial charge in [0, 0.05) is 42.7 Å². The van der Waals surface area contributed by atoms with Crippen LogP contribution in [0.4, 0.5) is 17.1 Å². The van der Waals surface area contributed by atoms with Crippen molar-refractivity contribution in [2.45, 2.75) is 19.8 Å². The summed E-state index contributed by atoms with van der Waals surface area (Å²) in [6.07, 6.45) is 5.47. The molecule has 0 aliphatic carbocycles. The second-order valence-corrected chi connectivity index (χ2v) is 6.89. The molecule has 0 spiro atoms. The maximum Gasteiger partial charge on any atom is 0.269 e. The predicted octanol–water partition coefficient (Wildman–Crippen LogP) is 4.48. The van der Waals surface area contributed by atoms with Crippen molar-refractivity contribution in [2.75, 3.05) is 23.3 Å². The van der Waals surface area contributed by atoms with Crippen molar-refractivity contribution in [3.63, 3.8) is 0 Å². The van der Waals surface area contributed by atoms with E-state index in [-0.39, 0.29) is 11.6 Å². The number of hydrogen-bond donors (Lipinski definition) is 1. The van der Waals surface area contributed by atoms with Gasteiger partial charge in [-0.1, -0.05) is 6.92 Å². The van der Waals surface area contributed by atoms with Gasteiger partial charge >= 0.3 is 0 Å². The molecule has 0 atom stereocenters. The number of non-ortho nitro benzene ring substituents is 1. The van der Waals surface area contributed by atoms with E-state index in [2.05, 4.69) is 17.1 Å². The minimum atomic E-state index is -0.450. The minimum absolute atomic E-state index is 0.0276. The van der Waals surface area contributed by atoms with Gasteiger partial charge in [0.25, 0.3) is 5.69 Å². The van der Waals surface area contributed by atoms with Crippen LogP contribution < -0.4 is 10.2 Å². The SMILES string of the molecule is CC1CCN(c2ccc(NC(=O)/C=C/c3ccc([N+](=O)[O-])cc3)cc2)CC1. The molecule has 1 aliphatic heterocycles. The number of hydrogen-bond acceptors (Lipinski definition) is 4. The Morgan fingerprint density at radius 3 is 2.33 bits per heavy atom. The molecule has 1 fully saturated rings. The van der Waals surface area contributed by atoms with Gasteiger partial charge in [0.05, 0.1) is 4.92 Å². The van der Waals surface area contributed by atoms with Crippen LogP contribution in [0.3, 0.4) is 0 Å². The molecular weight excluding hydrogens is 342 g/mol. The lowest BCUT2D eigenvalue weighted by Gasteiger charge is -2.32. The molecule has 1 saturated heterocycles. The standard InChI is InChI=1S/C21H23N3O3/c1-16-12-14-23(15-13-16)19-9-5-18(6-10-19)22-21(25)11-4-17-2-7-20(8-3-17)24(26)27/h2-11,16H,12-15H2,1H3,(H,22,25)/b11-4+. The van der Waals surface area contributed by atoms with Gasteiger partial charge < -0.3 is 10.2 Å². The summed E-state index contributed by atoms with van der Waals surface area (Å²) in [4.78, 5) is 24.6. The monoisotopic (exact) mass is 365 g/mol. The third-order valence-electron chi connectivity index (χ3n) is 4.81. The predicted molar refractivity (Wildman–Crippen MR) is 108 cm³/mol. The summed E-state index contributed by atoms with van der Waals surface area (Å²) >= 11 is 0. The summed E-state index contributed by atoms with van der Waals surface area (Å²) in [7, 11) is 0. The molecule has 3 rings (SSSR count). The lowest BCUT2D eigenvalue weighted by atomic mass is 9.99. The van der Waals surface area contributed by atoms with Gasteiger partial charge in [-0.25, -0.2) is 0 Å². The van der Waals surface area contributed by atoms with Crippen LogP contribution in [-0.4, -0.2) is 23.9 Å². The number of nitro groups is 1. The van der Waals surface area contributed by atoms with Gasteiger partial charge in [-0.15, -0.1) is 0 Å². The highest BCUT2D eigenvalue weighted by Crippen LogP contribution is 2.24. The molecule has 6 nitrogen and oxygen atoms in total. The molecule has 27 heavy (non-hydrogen) atoms. The highest BCUT2D eigenvalue weighted by molar-refractivity contribution is 6.02. The second-order valence-electron chi connectivity index (χ2n) is 6.89. The first-order chi connectivity index (χ1) is 13.0. The molecule has 6 heteroatoms. The van der Waals surface area contributed by atoms with Crippen LogP contribution in [0.1, 0.15) is 25.3 Å². The van der Waals surface area contributed by atoms with Crippen molar-refractivity contribution >= 4 is 29.0 Å². The van der Waals surface area contributed by atoms with Crippen molar-refractivity contribution in [3.05, 3.63) is 70.3 Å². The quantitative estimate of drug-likeness (QED) is 0.481. The molecule has 0 radical (unpaired) electrons. The van der Waals surface area contributed by atoms with E-state index in [9.17, 15) is 14.9 Å². The zero-order valence-corrected chi connectivity index (χ0v) is 15.3. The molecule has 1 aliphatic rings. The van der Waals surface area contributed by atoms with E-state index in [1.54, 1.807) is 18.2 Å². The van der Waals surface area contributed by atoms with Crippen LogP contribution in [0.5, 0.6) is 0 Å². The fourth-order valence-corrected chi connectivity index (χ4v) is 3.09. The van der Waals surface area contributed by atoms with E-state index in [0.717, 1.165) is 30.3 Å². The van der Waals surface area contributed by atoms with E-state index >= 15 is 0 Å². The topological polar surface area (TPSA) is 75.5 Å². The van der Waals surface area contributed by atoms with Crippen molar-refractivity contribution < 1.29 is 9.72 Å². The number of carbonyl (C=O) groups excluding carboxylic acids is 1. The summed E-state index contributed by atoms with van der Waals surface area (Å²) in [5.41, 5.74) is 2.68. The van der Waals surface area contributed by atoms with Gasteiger partial charge in [0.15, 0.2) is 0 Å². The molecule has 1 N–H and O–H groups in total. The first kappa shape index (κ1) is 18.6. The highest BCUT2D eigenvalue weighted by atomic mass is 16.6. The average molecular weight is 365 g/mol. The third kappa shape index (κ3) is 5.17. The molecule has 0 unspecified atom stereocenters. The summed E-state index contributed by atoms with van der Waals surface area (Å²) in [6.45, 7) is 4.44. The normalized spacial score (nSPS) is 15.1. The van der Waals surface area contributed by atoms with Crippen LogP contribution in [-0.2, 0) is 4.79 Å². The van der Waals surface area contributed by atoms with Crippen LogP contribution in [0.15, 0.2) is 54.6 Å². The Bertz CT molecular complexity index is 821. The Balaban J connectivity index is 1.55. The smallest absolute Gasteiger partial charge is 0.269 e. The summed E-state index contributed by atoms with van der Waals surface area (Å²) in [5, 5.41) is 13.5. The first-order valence-corrected chi connectivity index (χ1v) is 9.10. The van der Waals surface area contributed by atoms with E-state index in [1.165, 1.54) is 36.7 Å². The van der Waals surface area contributed by atoms with E-state index in [1.807, 2.05) is 24.3 Å². The zero-order valence-electron chi connectivity index (χ0n) is 15.3.